The predicted molar refractivity (Wildman–Crippen MR) is 104 cm³/mol. The lowest BCUT2D eigenvalue weighted by Gasteiger charge is -2.07. The van der Waals surface area contributed by atoms with Crippen LogP contribution in [-0.4, -0.2) is 26.8 Å². The second-order valence-electron chi connectivity index (χ2n) is 5.44. The number of thioether (sulfide) groups is 1. The van der Waals surface area contributed by atoms with Gasteiger partial charge in [0, 0.05) is 0 Å². The van der Waals surface area contributed by atoms with E-state index < -0.39 is 12.0 Å². The molecule has 0 fully saturated rings. The highest BCUT2D eigenvalue weighted by Crippen LogP contribution is 2.32. The Kier molecular flexibility index (Phi) is 6.76. The Bertz CT molecular complexity index is 1020. The first-order chi connectivity index (χ1) is 13.8. The maximum Gasteiger partial charge on any atom is 0.453 e. The van der Waals surface area contributed by atoms with Crippen LogP contribution >= 0.6 is 35.0 Å². The maximum absolute atomic E-state index is 13.1. The lowest BCUT2D eigenvalue weighted by atomic mass is 10.3. The van der Waals surface area contributed by atoms with Crippen LogP contribution in [0.1, 0.15) is 24.3 Å². The Hall–Kier alpha value is -2.17. The molecule has 0 radical (unpaired) electrons. The third kappa shape index (κ3) is 5.26. The number of aromatic nitrogens is 3. The highest BCUT2D eigenvalue weighted by Gasteiger charge is 2.38. The molecule has 154 valence electrons. The zero-order valence-electron chi connectivity index (χ0n) is 14.8. The number of benzene rings is 1. The lowest BCUT2D eigenvalue weighted by Crippen LogP contribution is -2.13. The number of ether oxygens (including phenoxy) is 1. The Morgan fingerprint density at radius 1 is 1.24 bits per heavy atom. The van der Waals surface area contributed by atoms with Crippen LogP contribution in [-0.2, 0) is 12.8 Å². The summed E-state index contributed by atoms with van der Waals surface area (Å²) in [5.74, 6) is 0.335. The van der Waals surface area contributed by atoms with Gasteiger partial charge < -0.3 is 9.15 Å². The number of hydrogen-bond donors (Lipinski definition) is 0. The monoisotopic (exact) mass is 464 g/mol. The maximum atomic E-state index is 13.1. The van der Waals surface area contributed by atoms with Gasteiger partial charge in [-0.25, -0.2) is 0 Å². The van der Waals surface area contributed by atoms with Crippen molar-refractivity contribution in [1.29, 1.82) is 0 Å². The standard InChI is InChI=1S/C17H13Cl2F3N4O2S/c1-2-29-16-25-24-15(17(20,21)22)26(16)23-8-10-6-7-11(28-10)9-27-13-5-3-4-12(18)14(13)19/h3-8H,2,9H2,1H3/b23-8+. The minimum Gasteiger partial charge on any atom is -0.484 e. The van der Waals surface area contributed by atoms with Crippen LogP contribution in [0.4, 0.5) is 13.2 Å². The van der Waals surface area contributed by atoms with E-state index in [1.165, 1.54) is 0 Å². The molecule has 0 bridgehead atoms. The highest BCUT2D eigenvalue weighted by atomic mass is 35.5. The van der Waals surface area contributed by atoms with Gasteiger partial charge >= 0.3 is 6.18 Å². The zero-order chi connectivity index (χ0) is 21.0. The van der Waals surface area contributed by atoms with Crippen LogP contribution in [0, 0.1) is 0 Å². The number of furan rings is 1. The van der Waals surface area contributed by atoms with Gasteiger partial charge in [-0.3, -0.25) is 0 Å². The molecule has 0 saturated carbocycles. The molecule has 0 saturated heterocycles. The van der Waals surface area contributed by atoms with E-state index in [2.05, 4.69) is 15.3 Å². The van der Waals surface area contributed by atoms with Crippen LogP contribution in [0.25, 0.3) is 0 Å². The van der Waals surface area contributed by atoms with E-state index in [0.717, 1.165) is 18.0 Å². The summed E-state index contributed by atoms with van der Waals surface area (Å²) in [5.41, 5.74) is 0. The minimum atomic E-state index is -4.69. The highest BCUT2D eigenvalue weighted by molar-refractivity contribution is 7.99. The van der Waals surface area contributed by atoms with Crippen molar-refractivity contribution in [3.8, 4) is 5.75 Å². The molecular weight excluding hydrogens is 452 g/mol. The molecule has 0 amide bonds. The second-order valence-corrected chi connectivity index (χ2v) is 7.45. The van der Waals surface area contributed by atoms with Crippen molar-refractivity contribution in [3.63, 3.8) is 0 Å². The largest absolute Gasteiger partial charge is 0.484 e. The van der Waals surface area contributed by atoms with Gasteiger partial charge in [-0.2, -0.15) is 22.9 Å². The number of alkyl halides is 3. The first kappa shape index (κ1) is 21.5. The summed E-state index contributed by atoms with van der Waals surface area (Å²) in [5, 5.41) is 11.2. The fourth-order valence-corrected chi connectivity index (χ4v) is 3.12. The molecule has 1 aromatic carbocycles. The van der Waals surface area contributed by atoms with Crippen molar-refractivity contribution in [3.05, 3.63) is 57.7 Å². The fourth-order valence-electron chi connectivity index (χ4n) is 2.17. The van der Waals surface area contributed by atoms with E-state index in [4.69, 9.17) is 32.4 Å². The average Bonchev–Trinajstić information content (AvgIpc) is 3.28. The Morgan fingerprint density at radius 2 is 2.03 bits per heavy atom. The molecule has 3 aromatic rings. The molecule has 0 N–H and O–H groups in total. The number of rotatable bonds is 7. The van der Waals surface area contributed by atoms with Gasteiger partial charge in [-0.05, 0) is 30.0 Å². The Balaban J connectivity index is 1.74. The summed E-state index contributed by atoms with van der Waals surface area (Å²) in [6, 6.07) is 8.12. The first-order valence-corrected chi connectivity index (χ1v) is 9.89. The van der Waals surface area contributed by atoms with E-state index in [1.54, 1.807) is 37.3 Å². The van der Waals surface area contributed by atoms with E-state index in [1.807, 2.05) is 0 Å². The molecule has 2 aromatic heterocycles. The van der Waals surface area contributed by atoms with Crippen molar-refractivity contribution < 1.29 is 22.3 Å². The van der Waals surface area contributed by atoms with Gasteiger partial charge in [0.05, 0.1) is 11.2 Å². The third-order valence-corrected chi connectivity index (χ3v) is 5.01. The topological polar surface area (TPSA) is 65.4 Å². The molecule has 6 nitrogen and oxygen atoms in total. The zero-order valence-corrected chi connectivity index (χ0v) is 17.1. The van der Waals surface area contributed by atoms with Gasteiger partial charge in [0.2, 0.25) is 5.16 Å². The van der Waals surface area contributed by atoms with Crippen molar-refractivity contribution in [2.24, 2.45) is 5.10 Å². The minimum absolute atomic E-state index is 0.0294. The molecule has 3 rings (SSSR count). The van der Waals surface area contributed by atoms with Crippen LogP contribution in [0.15, 0.2) is 45.0 Å². The van der Waals surface area contributed by atoms with Gasteiger partial charge in [0.1, 0.15) is 28.9 Å². The van der Waals surface area contributed by atoms with Crippen molar-refractivity contribution in [2.75, 3.05) is 5.75 Å². The van der Waals surface area contributed by atoms with Crippen LogP contribution in [0.2, 0.25) is 10.0 Å². The Labute approximate surface area is 177 Å². The smallest absolute Gasteiger partial charge is 0.453 e. The average molecular weight is 465 g/mol. The molecule has 0 aliphatic heterocycles. The van der Waals surface area contributed by atoms with Gasteiger partial charge in [0.15, 0.2) is 0 Å². The van der Waals surface area contributed by atoms with E-state index in [9.17, 15) is 13.2 Å². The molecule has 29 heavy (non-hydrogen) atoms. The van der Waals surface area contributed by atoms with Gasteiger partial charge in [0.25, 0.3) is 5.82 Å². The number of halogens is 5. The van der Waals surface area contributed by atoms with Crippen LogP contribution in [0.3, 0.4) is 0 Å². The Morgan fingerprint density at radius 3 is 2.76 bits per heavy atom. The van der Waals surface area contributed by atoms with E-state index in [-0.39, 0.29) is 22.5 Å². The van der Waals surface area contributed by atoms with E-state index in [0.29, 0.717) is 27.0 Å². The first-order valence-electron chi connectivity index (χ1n) is 8.15. The van der Waals surface area contributed by atoms with Crippen molar-refractivity contribution in [2.45, 2.75) is 24.9 Å². The SMILES string of the molecule is CCSc1nnc(C(F)(F)F)n1/N=C/c1ccc(COc2cccc(Cl)c2Cl)o1. The molecule has 0 atom stereocenters. The molecule has 2 heterocycles. The summed E-state index contributed by atoms with van der Waals surface area (Å²) >= 11 is 13.1. The second kappa shape index (κ2) is 9.10. The van der Waals surface area contributed by atoms with Crippen LogP contribution < -0.4 is 4.74 Å². The lowest BCUT2D eigenvalue weighted by molar-refractivity contribution is -0.147. The molecule has 12 heteroatoms. The van der Waals surface area contributed by atoms with Gasteiger partial charge in [-0.15, -0.1) is 10.2 Å². The normalized spacial score (nSPS) is 12.1. The summed E-state index contributed by atoms with van der Waals surface area (Å²) in [4.78, 5) is 0. The van der Waals surface area contributed by atoms with Crippen molar-refractivity contribution in [1.82, 2.24) is 14.9 Å². The van der Waals surface area contributed by atoms with Crippen molar-refractivity contribution >= 4 is 41.2 Å². The quantitative estimate of drug-likeness (QED) is 0.328. The van der Waals surface area contributed by atoms with Crippen LogP contribution in [0.5, 0.6) is 5.75 Å². The summed E-state index contributed by atoms with van der Waals surface area (Å²) in [6.45, 7) is 1.83. The summed E-state index contributed by atoms with van der Waals surface area (Å²) in [6.07, 6.45) is -3.54. The number of hydrogen-bond acceptors (Lipinski definition) is 6. The summed E-state index contributed by atoms with van der Waals surface area (Å²) in [7, 11) is 0. The molecule has 0 aliphatic rings. The molecule has 0 unspecified atom stereocenters. The van der Waals surface area contributed by atoms with Gasteiger partial charge in [-0.1, -0.05) is 48.0 Å². The predicted octanol–water partition coefficient (Wildman–Crippen LogP) is 5.77. The van der Waals surface area contributed by atoms with E-state index >= 15 is 0 Å². The summed E-state index contributed by atoms with van der Waals surface area (Å²) < 4.78 is 51.0. The molecule has 0 aliphatic carbocycles. The molecule has 0 spiro atoms. The molecular formula is C17H13Cl2F3N4O2S. The number of nitrogens with zero attached hydrogens (tertiary/aromatic N) is 4. The third-order valence-electron chi connectivity index (χ3n) is 3.41. The fraction of sp³-hybridized carbons (Fsp3) is 0.235.